The van der Waals surface area contributed by atoms with Crippen LogP contribution in [0.5, 0.6) is 5.75 Å². The Hall–Kier alpha value is -3.29. The molecular formula is C21H26N4O4. The molecule has 1 aromatic carbocycles. The molecule has 3 rings (SSSR count). The summed E-state index contributed by atoms with van der Waals surface area (Å²) in [5.41, 5.74) is 1.62. The van der Waals surface area contributed by atoms with Gasteiger partial charge in [-0.05, 0) is 45.4 Å². The number of aromatic nitrogens is 3. The topological polar surface area (TPSA) is 98.4 Å². The van der Waals surface area contributed by atoms with Gasteiger partial charge in [-0.15, -0.1) is 0 Å². The molecule has 2 N–H and O–H groups in total. The van der Waals surface area contributed by atoms with E-state index < -0.39 is 11.5 Å². The van der Waals surface area contributed by atoms with Crippen molar-refractivity contribution in [3.05, 3.63) is 41.9 Å². The number of carbonyl (C=O) groups excluding carboxylic acids is 1. The predicted molar refractivity (Wildman–Crippen MR) is 111 cm³/mol. The summed E-state index contributed by atoms with van der Waals surface area (Å²) in [5, 5.41) is 17.1. The summed E-state index contributed by atoms with van der Waals surface area (Å²) in [6.45, 7) is 7.90. The Morgan fingerprint density at radius 3 is 2.66 bits per heavy atom. The molecule has 0 unspecified atom stereocenters. The maximum atomic E-state index is 13.1. The molecule has 154 valence electrons. The number of nitrogens with one attached hydrogen (secondary N) is 1. The van der Waals surface area contributed by atoms with Crippen LogP contribution in [0.3, 0.4) is 0 Å². The molecule has 1 amide bonds. The van der Waals surface area contributed by atoms with Crippen molar-refractivity contribution in [1.29, 1.82) is 0 Å². The maximum absolute atomic E-state index is 13.1. The number of ether oxygens (including phenoxy) is 1. The van der Waals surface area contributed by atoms with Gasteiger partial charge in [-0.2, -0.15) is 5.10 Å². The van der Waals surface area contributed by atoms with Gasteiger partial charge in [0.15, 0.2) is 5.54 Å². The first-order chi connectivity index (χ1) is 13.7. The van der Waals surface area contributed by atoms with E-state index in [0.29, 0.717) is 17.0 Å². The van der Waals surface area contributed by atoms with Crippen molar-refractivity contribution < 1.29 is 19.4 Å². The molecule has 0 bridgehead atoms. The second-order valence-corrected chi connectivity index (χ2v) is 7.49. The Balaban J connectivity index is 2.00. The summed E-state index contributed by atoms with van der Waals surface area (Å²) >= 11 is 0. The van der Waals surface area contributed by atoms with Crippen LogP contribution in [0.15, 0.2) is 30.6 Å². The standard InChI is InChI=1S/C21H26N4O4/c1-6-9-24-13(2)18(16-10-15(29-5)7-8-17(16)24)19(26)23-14-11-22-25(12-14)21(3,4)20(27)28/h7-8,10-12H,6,9H2,1-5H3,(H,23,26)(H,27,28). The van der Waals surface area contributed by atoms with Gasteiger partial charge in [-0.3, -0.25) is 9.48 Å². The first kappa shape index (κ1) is 20.4. The summed E-state index contributed by atoms with van der Waals surface area (Å²) in [4.78, 5) is 24.6. The zero-order valence-corrected chi connectivity index (χ0v) is 17.3. The molecule has 3 aromatic rings. The molecule has 29 heavy (non-hydrogen) atoms. The predicted octanol–water partition coefficient (Wildman–Crippen LogP) is 3.64. The van der Waals surface area contributed by atoms with Gasteiger partial charge < -0.3 is 19.7 Å². The number of aliphatic carboxylic acids is 1. The summed E-state index contributed by atoms with van der Waals surface area (Å²) in [6.07, 6.45) is 3.91. The Morgan fingerprint density at radius 2 is 2.03 bits per heavy atom. The third-order valence-corrected chi connectivity index (χ3v) is 5.14. The molecule has 0 saturated carbocycles. The van der Waals surface area contributed by atoms with Crippen LogP contribution >= 0.6 is 0 Å². The van der Waals surface area contributed by atoms with E-state index in [0.717, 1.165) is 29.6 Å². The van der Waals surface area contributed by atoms with Gasteiger partial charge in [0.1, 0.15) is 5.75 Å². The van der Waals surface area contributed by atoms with Gasteiger partial charge >= 0.3 is 5.97 Å². The van der Waals surface area contributed by atoms with Crippen LogP contribution in [-0.2, 0) is 16.9 Å². The van der Waals surface area contributed by atoms with E-state index in [1.165, 1.54) is 17.1 Å². The molecule has 0 atom stereocenters. The lowest BCUT2D eigenvalue weighted by Gasteiger charge is -2.19. The van der Waals surface area contributed by atoms with Gasteiger partial charge in [0, 0.05) is 29.3 Å². The lowest BCUT2D eigenvalue weighted by molar-refractivity contribution is -0.146. The minimum atomic E-state index is -1.22. The molecule has 0 aliphatic heterocycles. The van der Waals surface area contributed by atoms with Crippen molar-refractivity contribution in [1.82, 2.24) is 14.3 Å². The Kier molecular flexibility index (Phi) is 5.37. The molecule has 0 saturated heterocycles. The third-order valence-electron chi connectivity index (χ3n) is 5.14. The smallest absolute Gasteiger partial charge is 0.331 e. The third kappa shape index (κ3) is 3.57. The number of aryl methyl sites for hydroxylation is 1. The minimum Gasteiger partial charge on any atom is -0.497 e. The molecule has 0 fully saturated rings. The molecular weight excluding hydrogens is 372 g/mol. The fraction of sp³-hybridized carbons (Fsp3) is 0.381. The van der Waals surface area contributed by atoms with E-state index in [1.54, 1.807) is 21.0 Å². The largest absolute Gasteiger partial charge is 0.497 e. The van der Waals surface area contributed by atoms with Crippen molar-refractivity contribution in [2.24, 2.45) is 0 Å². The van der Waals surface area contributed by atoms with Crippen molar-refractivity contribution in [3.8, 4) is 5.75 Å². The average Bonchev–Trinajstić information content (AvgIpc) is 3.25. The van der Waals surface area contributed by atoms with Crippen LogP contribution < -0.4 is 10.1 Å². The van der Waals surface area contributed by atoms with Gasteiger partial charge in [-0.1, -0.05) is 6.92 Å². The minimum absolute atomic E-state index is 0.275. The molecule has 0 aliphatic carbocycles. The number of anilines is 1. The zero-order chi connectivity index (χ0) is 21.3. The molecule has 0 spiro atoms. The van der Waals surface area contributed by atoms with Crippen LogP contribution in [0, 0.1) is 6.92 Å². The van der Waals surface area contributed by atoms with Crippen molar-refractivity contribution >= 4 is 28.5 Å². The van der Waals surface area contributed by atoms with E-state index in [1.807, 2.05) is 25.1 Å². The number of hydrogen-bond acceptors (Lipinski definition) is 4. The van der Waals surface area contributed by atoms with E-state index in [4.69, 9.17) is 4.74 Å². The number of carboxylic acid groups (broad SMARTS) is 1. The monoisotopic (exact) mass is 398 g/mol. The number of nitrogens with zero attached hydrogens (tertiary/aromatic N) is 3. The van der Waals surface area contributed by atoms with E-state index >= 15 is 0 Å². The molecule has 2 heterocycles. The highest BCUT2D eigenvalue weighted by Gasteiger charge is 2.30. The van der Waals surface area contributed by atoms with E-state index in [2.05, 4.69) is 21.9 Å². The van der Waals surface area contributed by atoms with Gasteiger partial charge in [0.25, 0.3) is 5.91 Å². The van der Waals surface area contributed by atoms with Gasteiger partial charge in [0.05, 0.1) is 24.6 Å². The summed E-state index contributed by atoms with van der Waals surface area (Å²) in [6, 6.07) is 5.70. The quantitative estimate of drug-likeness (QED) is 0.633. The summed E-state index contributed by atoms with van der Waals surface area (Å²) < 4.78 is 8.78. The SMILES string of the molecule is CCCn1c(C)c(C(=O)Nc2cnn(C(C)(C)C(=O)O)c2)c2cc(OC)ccc21. The number of rotatable bonds is 7. The number of carboxylic acids is 1. The highest BCUT2D eigenvalue weighted by Crippen LogP contribution is 2.30. The lowest BCUT2D eigenvalue weighted by Crippen LogP contribution is -2.35. The molecule has 0 aliphatic rings. The Bertz CT molecular complexity index is 1080. The Labute approximate surface area is 169 Å². The first-order valence-electron chi connectivity index (χ1n) is 9.47. The molecule has 8 heteroatoms. The second kappa shape index (κ2) is 7.62. The Morgan fingerprint density at radius 1 is 1.31 bits per heavy atom. The number of hydrogen-bond donors (Lipinski definition) is 2. The van der Waals surface area contributed by atoms with Crippen LogP contribution in [0.1, 0.15) is 43.2 Å². The number of benzene rings is 1. The first-order valence-corrected chi connectivity index (χ1v) is 9.47. The summed E-state index contributed by atoms with van der Waals surface area (Å²) in [7, 11) is 1.59. The highest BCUT2D eigenvalue weighted by molar-refractivity contribution is 6.14. The van der Waals surface area contributed by atoms with Gasteiger partial charge in [0.2, 0.25) is 0 Å². The van der Waals surface area contributed by atoms with Crippen LogP contribution in [-0.4, -0.2) is 38.4 Å². The highest BCUT2D eigenvalue weighted by atomic mass is 16.5. The van der Waals surface area contributed by atoms with Crippen molar-refractivity contribution in [2.45, 2.75) is 46.2 Å². The normalized spacial score (nSPS) is 11.6. The number of amides is 1. The number of methoxy groups -OCH3 is 1. The number of fused-ring (bicyclic) bond motifs is 1. The average molecular weight is 398 g/mol. The fourth-order valence-corrected chi connectivity index (χ4v) is 3.37. The van der Waals surface area contributed by atoms with Gasteiger partial charge in [-0.25, -0.2) is 4.79 Å². The van der Waals surface area contributed by atoms with Crippen LogP contribution in [0.4, 0.5) is 5.69 Å². The number of carbonyl (C=O) groups is 2. The second-order valence-electron chi connectivity index (χ2n) is 7.49. The van der Waals surface area contributed by atoms with E-state index in [9.17, 15) is 14.7 Å². The van der Waals surface area contributed by atoms with E-state index in [-0.39, 0.29) is 5.91 Å². The molecule has 0 radical (unpaired) electrons. The molecule has 8 nitrogen and oxygen atoms in total. The summed E-state index contributed by atoms with van der Waals surface area (Å²) in [5.74, 6) is -0.608. The maximum Gasteiger partial charge on any atom is 0.331 e. The lowest BCUT2D eigenvalue weighted by atomic mass is 10.1. The van der Waals surface area contributed by atoms with Crippen LogP contribution in [0.25, 0.3) is 10.9 Å². The van der Waals surface area contributed by atoms with Crippen LogP contribution in [0.2, 0.25) is 0 Å². The zero-order valence-electron chi connectivity index (χ0n) is 17.3. The van der Waals surface area contributed by atoms with Crippen molar-refractivity contribution in [3.63, 3.8) is 0 Å². The fourth-order valence-electron chi connectivity index (χ4n) is 3.37. The van der Waals surface area contributed by atoms with Crippen molar-refractivity contribution in [2.75, 3.05) is 12.4 Å². The molecule has 2 aromatic heterocycles.